The summed E-state index contributed by atoms with van der Waals surface area (Å²) < 4.78 is 7.22. The number of rotatable bonds is 10. The van der Waals surface area contributed by atoms with Crippen molar-refractivity contribution in [1.29, 1.82) is 0 Å². The van der Waals surface area contributed by atoms with Crippen LogP contribution in [0.4, 0.5) is 28.4 Å². The molecular weight excluding hydrogens is 824 g/mol. The van der Waals surface area contributed by atoms with E-state index in [9.17, 15) is 0 Å². The van der Waals surface area contributed by atoms with Crippen LogP contribution in [0.3, 0.4) is 0 Å². The Balaban J connectivity index is 1.24. The van der Waals surface area contributed by atoms with Crippen molar-refractivity contribution in [1.82, 2.24) is 0 Å². The second-order valence-electron chi connectivity index (χ2n) is 21.2. The maximum Gasteiger partial charge on any atom is 0.333 e. The van der Waals surface area contributed by atoms with Gasteiger partial charge in [-0.1, -0.05) is 164 Å². The molecule has 12 rings (SSSR count). The normalized spacial score (nSPS) is 15.3. The lowest BCUT2D eigenvalue weighted by molar-refractivity contribution is 0.332. The van der Waals surface area contributed by atoms with Crippen LogP contribution in [0.2, 0.25) is 0 Å². The summed E-state index contributed by atoms with van der Waals surface area (Å²) in [5.41, 5.74) is 23.6. The molecule has 0 spiro atoms. The van der Waals surface area contributed by atoms with E-state index in [4.69, 9.17) is 4.42 Å². The number of furan rings is 1. The third kappa shape index (κ3) is 6.85. The molecule has 3 heterocycles. The standard InChI is InChI=1S/C64H61BN2O/c1-7-9-19-42-27-30-47(31-28-42)67-57-41-54-53(63(3,4)35-36-64(54,5)6)40-51(57)52-38-46(44-21-13-11-14-22-44)39-58-60(52)65(67)55-33-32-49-48-25-17-18-26-59(48)68-62(49)61(55)66(58)56-34-29-43(20-10-8-2)37-50(56)45-23-15-12-16-24-45/h11-18,21-34,37-41H,7-10,19-20,35-36H2,1-6H3. The topological polar surface area (TPSA) is 19.6 Å². The number of anilines is 5. The third-order valence-electron chi connectivity index (χ3n) is 15.9. The largest absolute Gasteiger partial charge is 0.454 e. The Morgan fingerprint density at radius 1 is 0.515 bits per heavy atom. The average molecular weight is 885 g/mol. The molecule has 1 aromatic heterocycles. The molecule has 68 heavy (non-hydrogen) atoms. The van der Waals surface area contributed by atoms with Gasteiger partial charge in [0.25, 0.3) is 0 Å². The lowest BCUT2D eigenvalue weighted by Crippen LogP contribution is -2.61. The van der Waals surface area contributed by atoms with E-state index >= 15 is 0 Å². The number of fused-ring (bicyclic) bond motifs is 9. The van der Waals surface area contributed by atoms with Gasteiger partial charge >= 0.3 is 6.85 Å². The molecule has 0 saturated carbocycles. The first-order valence-corrected chi connectivity index (χ1v) is 25.4. The molecule has 0 N–H and O–H groups in total. The molecule has 0 unspecified atom stereocenters. The van der Waals surface area contributed by atoms with Crippen molar-refractivity contribution in [3.8, 4) is 33.4 Å². The number of para-hydroxylation sites is 1. The molecule has 0 radical (unpaired) electrons. The van der Waals surface area contributed by atoms with Gasteiger partial charge in [-0.2, -0.15) is 0 Å². The quantitative estimate of drug-likeness (QED) is 0.128. The van der Waals surface area contributed by atoms with Gasteiger partial charge < -0.3 is 14.1 Å². The van der Waals surface area contributed by atoms with Crippen LogP contribution in [0.15, 0.2) is 168 Å². The van der Waals surface area contributed by atoms with E-state index in [1.54, 1.807) is 0 Å². The van der Waals surface area contributed by atoms with Gasteiger partial charge in [-0.15, -0.1) is 0 Å². The summed E-state index contributed by atoms with van der Waals surface area (Å²) in [5, 5.41) is 2.27. The van der Waals surface area contributed by atoms with Crippen LogP contribution in [0.25, 0.3) is 55.3 Å². The zero-order valence-electron chi connectivity index (χ0n) is 40.6. The summed E-state index contributed by atoms with van der Waals surface area (Å²) in [6.07, 6.45) is 9.13. The number of unbranched alkanes of at least 4 members (excludes halogenated alkanes) is 2. The van der Waals surface area contributed by atoms with Crippen LogP contribution >= 0.6 is 0 Å². The Hall–Kier alpha value is -6.78. The van der Waals surface area contributed by atoms with Gasteiger partial charge in [0.2, 0.25) is 0 Å². The van der Waals surface area contributed by atoms with Crippen LogP contribution < -0.4 is 20.6 Å². The minimum absolute atomic E-state index is 0.0335. The predicted molar refractivity (Wildman–Crippen MR) is 291 cm³/mol. The molecule has 1 aliphatic carbocycles. The number of aryl methyl sites for hydroxylation is 2. The van der Waals surface area contributed by atoms with Crippen molar-refractivity contribution in [2.45, 2.75) is 104 Å². The molecule has 2 aliphatic heterocycles. The lowest BCUT2D eigenvalue weighted by atomic mass is 9.43. The Morgan fingerprint density at radius 3 is 1.88 bits per heavy atom. The summed E-state index contributed by atoms with van der Waals surface area (Å²) in [6, 6.07) is 62.5. The van der Waals surface area contributed by atoms with Gasteiger partial charge in [0, 0.05) is 39.0 Å². The second-order valence-corrected chi connectivity index (χ2v) is 21.2. The van der Waals surface area contributed by atoms with Gasteiger partial charge in [-0.05, 0) is 159 Å². The summed E-state index contributed by atoms with van der Waals surface area (Å²) in [6.45, 7) is 14.3. The van der Waals surface area contributed by atoms with E-state index < -0.39 is 0 Å². The van der Waals surface area contributed by atoms with Gasteiger partial charge in [0.1, 0.15) is 5.58 Å². The highest BCUT2D eigenvalue weighted by atomic mass is 16.3. The van der Waals surface area contributed by atoms with E-state index in [0.717, 1.165) is 71.8 Å². The Kier molecular flexibility index (Phi) is 10.3. The maximum absolute atomic E-state index is 7.22. The van der Waals surface area contributed by atoms with Gasteiger partial charge in [0.15, 0.2) is 5.58 Å². The fourth-order valence-corrected chi connectivity index (χ4v) is 12.0. The molecule has 4 heteroatoms. The monoisotopic (exact) mass is 884 g/mol. The molecule has 3 nitrogen and oxygen atoms in total. The number of nitrogens with zero attached hydrogens (tertiary/aromatic N) is 2. The lowest BCUT2D eigenvalue weighted by Gasteiger charge is -2.48. The first kappa shape index (κ1) is 42.6. The van der Waals surface area contributed by atoms with E-state index in [0.29, 0.717) is 0 Å². The molecule has 0 fully saturated rings. The second kappa shape index (κ2) is 16.5. The van der Waals surface area contributed by atoms with E-state index in [-0.39, 0.29) is 17.7 Å². The van der Waals surface area contributed by atoms with Crippen molar-refractivity contribution in [2.75, 3.05) is 9.71 Å². The zero-order valence-corrected chi connectivity index (χ0v) is 40.6. The first-order valence-electron chi connectivity index (χ1n) is 25.4. The zero-order chi connectivity index (χ0) is 46.3. The smallest absolute Gasteiger partial charge is 0.333 e. The van der Waals surface area contributed by atoms with E-state index in [2.05, 4.69) is 215 Å². The van der Waals surface area contributed by atoms with Crippen molar-refractivity contribution >= 4 is 68.1 Å². The minimum Gasteiger partial charge on any atom is -0.454 e. The molecule has 0 bridgehead atoms. The molecule has 0 atom stereocenters. The molecular formula is C64H61BN2O. The highest BCUT2D eigenvalue weighted by Gasteiger charge is 2.48. The summed E-state index contributed by atoms with van der Waals surface area (Å²) in [4.78, 5) is 5.32. The third-order valence-corrected chi connectivity index (χ3v) is 15.9. The van der Waals surface area contributed by atoms with Crippen molar-refractivity contribution in [3.63, 3.8) is 0 Å². The van der Waals surface area contributed by atoms with E-state index in [1.165, 1.54) is 96.5 Å². The van der Waals surface area contributed by atoms with Gasteiger partial charge in [-0.25, -0.2) is 0 Å². The van der Waals surface area contributed by atoms with Crippen LogP contribution in [0.1, 0.15) is 102 Å². The van der Waals surface area contributed by atoms with Crippen LogP contribution in [-0.2, 0) is 23.7 Å². The van der Waals surface area contributed by atoms with Crippen molar-refractivity contribution < 1.29 is 4.42 Å². The first-order chi connectivity index (χ1) is 33.1. The van der Waals surface area contributed by atoms with Gasteiger partial charge in [-0.3, -0.25) is 0 Å². The summed E-state index contributed by atoms with van der Waals surface area (Å²) in [7, 11) is 0. The van der Waals surface area contributed by atoms with Crippen molar-refractivity contribution in [3.05, 3.63) is 186 Å². The molecule has 336 valence electrons. The van der Waals surface area contributed by atoms with E-state index in [1.807, 2.05) is 0 Å². The predicted octanol–water partition coefficient (Wildman–Crippen LogP) is 16.7. The fraction of sp³-hybridized carbons (Fsp3) is 0.250. The Morgan fingerprint density at radius 2 is 1.16 bits per heavy atom. The number of benzene rings is 8. The Labute approximate surface area is 403 Å². The maximum atomic E-state index is 7.22. The summed E-state index contributed by atoms with van der Waals surface area (Å²) >= 11 is 0. The SMILES string of the molecule is CCCCc1ccc(N2B3c4ccc5c(oc6ccccc65)c4N(c4ccc(CCCC)cc4-c4ccccc4)c4cc(-c5ccccc5)cc(c43)-c3cc4c(cc32)C(C)(C)CCC4(C)C)cc1. The molecule has 0 saturated heterocycles. The highest BCUT2D eigenvalue weighted by molar-refractivity contribution is 6.94. The Bertz CT molecular complexity index is 3380. The number of hydrogen-bond donors (Lipinski definition) is 0. The molecule has 8 aromatic carbocycles. The molecule has 0 amide bonds. The number of hydrogen-bond acceptors (Lipinski definition) is 3. The fourth-order valence-electron chi connectivity index (χ4n) is 12.0. The molecule has 3 aliphatic rings. The average Bonchev–Trinajstić information content (AvgIpc) is 3.76. The minimum atomic E-state index is -0.149. The van der Waals surface area contributed by atoms with Gasteiger partial charge in [0.05, 0.1) is 11.4 Å². The highest BCUT2D eigenvalue weighted by Crippen LogP contribution is 2.55. The van der Waals surface area contributed by atoms with Crippen LogP contribution in [0, 0.1) is 0 Å². The van der Waals surface area contributed by atoms with Crippen LogP contribution in [0.5, 0.6) is 0 Å². The summed E-state index contributed by atoms with van der Waals surface area (Å²) in [5.74, 6) is 0. The molecule has 9 aromatic rings. The van der Waals surface area contributed by atoms with Crippen molar-refractivity contribution in [2.24, 2.45) is 0 Å². The van der Waals surface area contributed by atoms with Crippen LogP contribution in [-0.4, -0.2) is 6.85 Å².